The van der Waals surface area contributed by atoms with Gasteiger partial charge in [0.15, 0.2) is 0 Å². The molecule has 0 radical (unpaired) electrons. The Balaban J connectivity index is 2.68. The van der Waals surface area contributed by atoms with E-state index in [1.165, 1.54) is 6.07 Å². The molecule has 4 heteroatoms. The van der Waals surface area contributed by atoms with Crippen molar-refractivity contribution in [1.29, 1.82) is 0 Å². The Morgan fingerprint density at radius 1 is 1.29 bits per heavy atom. The summed E-state index contributed by atoms with van der Waals surface area (Å²) >= 11 is 11.7. The van der Waals surface area contributed by atoms with Crippen LogP contribution >= 0.6 is 23.2 Å². The van der Waals surface area contributed by atoms with Crippen LogP contribution in [0, 0.1) is 5.82 Å². The van der Waals surface area contributed by atoms with Crippen molar-refractivity contribution >= 4 is 23.2 Å². The summed E-state index contributed by atoms with van der Waals surface area (Å²) in [5.41, 5.74) is 0.912. The SMILES string of the molecule is CCC(CC)(CCl)NCc1ccc(F)c(Cl)c1. The highest BCUT2D eigenvalue weighted by Crippen LogP contribution is 2.20. The lowest BCUT2D eigenvalue weighted by Crippen LogP contribution is -2.45. The second kappa shape index (κ2) is 6.58. The Hall–Kier alpha value is -0.310. The van der Waals surface area contributed by atoms with Gasteiger partial charge in [0, 0.05) is 18.0 Å². The zero-order valence-corrected chi connectivity index (χ0v) is 11.7. The fourth-order valence-corrected chi connectivity index (χ4v) is 2.35. The number of alkyl halides is 1. The number of halogens is 3. The third-order valence-corrected chi connectivity index (χ3v) is 4.06. The number of hydrogen-bond acceptors (Lipinski definition) is 1. The summed E-state index contributed by atoms with van der Waals surface area (Å²) in [6.07, 6.45) is 1.92. The van der Waals surface area contributed by atoms with Crippen LogP contribution in [0.1, 0.15) is 32.3 Å². The fraction of sp³-hybridized carbons (Fsp3) is 0.538. The second-order valence-corrected chi connectivity index (χ2v) is 4.90. The zero-order valence-electron chi connectivity index (χ0n) is 10.2. The number of hydrogen-bond donors (Lipinski definition) is 1. The van der Waals surface area contributed by atoms with Crippen LogP contribution in [0.4, 0.5) is 4.39 Å². The van der Waals surface area contributed by atoms with Crippen molar-refractivity contribution in [2.45, 2.75) is 38.8 Å². The molecule has 1 aromatic carbocycles. The molecular formula is C13H18Cl2FN. The predicted molar refractivity (Wildman–Crippen MR) is 72.3 cm³/mol. The average Bonchev–Trinajstić information content (AvgIpc) is 2.36. The van der Waals surface area contributed by atoms with Gasteiger partial charge in [0.05, 0.1) is 5.02 Å². The molecule has 0 fully saturated rings. The maximum atomic E-state index is 13.0. The van der Waals surface area contributed by atoms with E-state index in [0.29, 0.717) is 12.4 Å². The minimum atomic E-state index is -0.384. The van der Waals surface area contributed by atoms with Crippen LogP contribution in [0.2, 0.25) is 5.02 Å². The molecule has 0 atom stereocenters. The lowest BCUT2D eigenvalue weighted by molar-refractivity contribution is 0.334. The van der Waals surface area contributed by atoms with Gasteiger partial charge in [-0.15, -0.1) is 11.6 Å². The first-order valence-electron chi connectivity index (χ1n) is 5.82. The molecule has 0 aliphatic carbocycles. The molecule has 0 amide bonds. The third kappa shape index (κ3) is 3.84. The van der Waals surface area contributed by atoms with Gasteiger partial charge in [0.25, 0.3) is 0 Å². The normalized spacial score (nSPS) is 11.8. The van der Waals surface area contributed by atoms with Gasteiger partial charge in [0.1, 0.15) is 5.82 Å². The molecule has 0 saturated heterocycles. The van der Waals surface area contributed by atoms with Crippen molar-refractivity contribution in [3.63, 3.8) is 0 Å². The second-order valence-electron chi connectivity index (χ2n) is 4.22. The van der Waals surface area contributed by atoms with Gasteiger partial charge in [0.2, 0.25) is 0 Å². The van der Waals surface area contributed by atoms with E-state index in [1.807, 2.05) is 0 Å². The van der Waals surface area contributed by atoms with Crippen LogP contribution in [0.5, 0.6) is 0 Å². The zero-order chi connectivity index (χ0) is 12.9. The van der Waals surface area contributed by atoms with E-state index in [9.17, 15) is 4.39 Å². The molecule has 17 heavy (non-hydrogen) atoms. The molecule has 0 aromatic heterocycles. The highest BCUT2D eigenvalue weighted by atomic mass is 35.5. The van der Waals surface area contributed by atoms with Crippen molar-refractivity contribution in [1.82, 2.24) is 5.32 Å². The molecule has 1 nitrogen and oxygen atoms in total. The number of nitrogens with one attached hydrogen (secondary N) is 1. The summed E-state index contributed by atoms with van der Waals surface area (Å²) in [7, 11) is 0. The van der Waals surface area contributed by atoms with Crippen LogP contribution in [0.25, 0.3) is 0 Å². The Morgan fingerprint density at radius 3 is 2.41 bits per heavy atom. The molecule has 0 unspecified atom stereocenters. The van der Waals surface area contributed by atoms with Crippen molar-refractivity contribution in [3.05, 3.63) is 34.6 Å². The quantitative estimate of drug-likeness (QED) is 0.762. The Kier molecular flexibility index (Phi) is 5.71. The van der Waals surface area contributed by atoms with Gasteiger partial charge in [-0.05, 0) is 30.5 Å². The van der Waals surface area contributed by atoms with E-state index < -0.39 is 0 Å². The van der Waals surface area contributed by atoms with E-state index in [4.69, 9.17) is 23.2 Å². The topological polar surface area (TPSA) is 12.0 Å². The largest absolute Gasteiger partial charge is 0.306 e. The molecular weight excluding hydrogens is 260 g/mol. The van der Waals surface area contributed by atoms with Crippen molar-refractivity contribution in [2.24, 2.45) is 0 Å². The van der Waals surface area contributed by atoms with Crippen LogP contribution in [-0.2, 0) is 6.54 Å². The lowest BCUT2D eigenvalue weighted by atomic mass is 9.95. The molecule has 1 N–H and O–H groups in total. The Morgan fingerprint density at radius 2 is 1.94 bits per heavy atom. The molecule has 0 bridgehead atoms. The average molecular weight is 278 g/mol. The van der Waals surface area contributed by atoms with Gasteiger partial charge in [-0.25, -0.2) is 4.39 Å². The minimum Gasteiger partial charge on any atom is -0.306 e. The molecule has 0 heterocycles. The highest BCUT2D eigenvalue weighted by Gasteiger charge is 2.23. The van der Waals surface area contributed by atoms with E-state index in [0.717, 1.165) is 18.4 Å². The summed E-state index contributed by atoms with van der Waals surface area (Å²) in [6.45, 7) is 4.86. The summed E-state index contributed by atoms with van der Waals surface area (Å²) in [5, 5.41) is 3.59. The summed E-state index contributed by atoms with van der Waals surface area (Å²) in [5.74, 6) is 0.180. The molecule has 0 aliphatic rings. The number of rotatable bonds is 6. The summed E-state index contributed by atoms with van der Waals surface area (Å²) < 4.78 is 13.0. The van der Waals surface area contributed by atoms with Gasteiger partial charge < -0.3 is 5.32 Å². The molecule has 1 aromatic rings. The predicted octanol–water partition coefficient (Wildman–Crippen LogP) is 4.37. The van der Waals surface area contributed by atoms with Crippen molar-refractivity contribution < 1.29 is 4.39 Å². The van der Waals surface area contributed by atoms with Crippen molar-refractivity contribution in [2.75, 3.05) is 5.88 Å². The Bertz CT molecular complexity index is 356. The maximum absolute atomic E-state index is 13.0. The van der Waals surface area contributed by atoms with E-state index >= 15 is 0 Å². The van der Waals surface area contributed by atoms with Gasteiger partial charge in [-0.3, -0.25) is 0 Å². The number of benzene rings is 1. The third-order valence-electron chi connectivity index (χ3n) is 3.26. The summed E-state index contributed by atoms with van der Waals surface area (Å²) in [6, 6.07) is 4.77. The van der Waals surface area contributed by atoms with Crippen molar-refractivity contribution in [3.8, 4) is 0 Å². The molecule has 96 valence electrons. The standard InChI is InChI=1S/C13H18Cl2FN/c1-3-13(4-2,9-14)17-8-10-5-6-12(16)11(15)7-10/h5-7,17H,3-4,8-9H2,1-2H3. The minimum absolute atomic E-state index is 0.0532. The van der Waals surface area contributed by atoms with Crippen LogP contribution in [0.15, 0.2) is 18.2 Å². The van der Waals surface area contributed by atoms with E-state index in [2.05, 4.69) is 19.2 Å². The first-order valence-corrected chi connectivity index (χ1v) is 6.73. The fourth-order valence-electron chi connectivity index (χ4n) is 1.68. The Labute approximate surface area is 112 Å². The summed E-state index contributed by atoms with van der Waals surface area (Å²) in [4.78, 5) is 0. The van der Waals surface area contributed by atoms with Crippen LogP contribution < -0.4 is 5.32 Å². The highest BCUT2D eigenvalue weighted by molar-refractivity contribution is 6.30. The van der Waals surface area contributed by atoms with Crippen LogP contribution in [0.3, 0.4) is 0 Å². The van der Waals surface area contributed by atoms with Gasteiger partial charge in [-0.2, -0.15) is 0 Å². The first kappa shape index (κ1) is 14.7. The first-order chi connectivity index (χ1) is 8.06. The maximum Gasteiger partial charge on any atom is 0.141 e. The van der Waals surface area contributed by atoms with E-state index in [1.54, 1.807) is 12.1 Å². The molecule has 1 rings (SSSR count). The molecule has 0 aliphatic heterocycles. The van der Waals surface area contributed by atoms with Crippen LogP contribution in [-0.4, -0.2) is 11.4 Å². The van der Waals surface area contributed by atoms with Gasteiger partial charge >= 0.3 is 0 Å². The lowest BCUT2D eigenvalue weighted by Gasteiger charge is -2.31. The smallest absolute Gasteiger partial charge is 0.141 e. The van der Waals surface area contributed by atoms with E-state index in [-0.39, 0.29) is 16.4 Å². The molecule has 0 saturated carbocycles. The molecule has 0 spiro atoms. The van der Waals surface area contributed by atoms with Gasteiger partial charge in [-0.1, -0.05) is 31.5 Å². The monoisotopic (exact) mass is 277 g/mol.